The number of hydrogen-bond donors (Lipinski definition) is 0. The van der Waals surface area contributed by atoms with Crippen molar-refractivity contribution in [1.82, 2.24) is 20.0 Å². The average molecular weight is 502 g/mol. The Morgan fingerprint density at radius 2 is 2.00 bits per heavy atom. The number of rotatable bonds is 10. The Balaban J connectivity index is 0.00000137. The van der Waals surface area contributed by atoms with Gasteiger partial charge in [-0.3, -0.25) is 9.63 Å². The number of anilines is 1. The van der Waals surface area contributed by atoms with Gasteiger partial charge in [0.25, 0.3) is 0 Å². The van der Waals surface area contributed by atoms with Gasteiger partial charge in [-0.15, -0.1) is 17.9 Å². The molecule has 9 nitrogen and oxygen atoms in total. The highest BCUT2D eigenvalue weighted by Gasteiger charge is 2.24. The van der Waals surface area contributed by atoms with Gasteiger partial charge in [0, 0.05) is 37.5 Å². The number of piperazine rings is 1. The third-order valence-electron chi connectivity index (χ3n) is 5.24. The van der Waals surface area contributed by atoms with Crippen LogP contribution in [0.2, 0.25) is 0 Å². The molecular weight excluding hydrogens is 462 g/mol. The van der Waals surface area contributed by atoms with Crippen molar-refractivity contribution in [3.05, 3.63) is 41.6 Å². The van der Waals surface area contributed by atoms with Crippen LogP contribution in [-0.4, -0.2) is 72.3 Å². The molecule has 3 rings (SSSR count). The number of hydrogen-bond acceptors (Lipinski definition) is 8. The largest absolute Gasteiger partial charge is 0.352 e. The molecule has 0 saturated carbocycles. The van der Waals surface area contributed by atoms with Crippen LogP contribution in [0.3, 0.4) is 0 Å². The van der Waals surface area contributed by atoms with Crippen LogP contribution in [0.1, 0.15) is 44.3 Å². The van der Waals surface area contributed by atoms with Crippen LogP contribution in [0.15, 0.2) is 41.2 Å². The quantitative estimate of drug-likeness (QED) is 0.197. The number of amides is 1. The molecule has 0 atom stereocenters. The fourth-order valence-electron chi connectivity index (χ4n) is 3.53. The van der Waals surface area contributed by atoms with E-state index < -0.39 is 0 Å². The summed E-state index contributed by atoms with van der Waals surface area (Å²) in [6.07, 6.45) is 7.69. The van der Waals surface area contributed by atoms with Gasteiger partial charge in [0.1, 0.15) is 16.5 Å². The first-order chi connectivity index (χ1) is 16.9. The number of hydroxylamine groups is 1. The number of allylic oxidation sites excluding steroid dienone is 2. The van der Waals surface area contributed by atoms with Crippen LogP contribution < -0.4 is 4.90 Å². The van der Waals surface area contributed by atoms with Gasteiger partial charge in [-0.2, -0.15) is 10.3 Å². The summed E-state index contributed by atoms with van der Waals surface area (Å²) in [6, 6.07) is 2.21. The first-order valence-electron chi connectivity index (χ1n) is 12.1. The molecule has 1 amide bonds. The number of carbonyl (C=O) groups is 1. The molecule has 10 heteroatoms. The highest BCUT2D eigenvalue weighted by molar-refractivity contribution is 7.18. The van der Waals surface area contributed by atoms with Crippen LogP contribution in [-0.2, 0) is 16.1 Å². The molecular formula is C25H39N7O2S. The monoisotopic (exact) mass is 501 g/mol. The van der Waals surface area contributed by atoms with E-state index in [1.807, 2.05) is 37.8 Å². The van der Waals surface area contributed by atoms with E-state index in [0.29, 0.717) is 39.1 Å². The van der Waals surface area contributed by atoms with Crippen molar-refractivity contribution in [2.24, 2.45) is 10.3 Å². The van der Waals surface area contributed by atoms with E-state index in [-0.39, 0.29) is 5.91 Å². The zero-order chi connectivity index (χ0) is 25.6. The Bertz CT molecular complexity index is 997. The molecule has 1 saturated heterocycles. The van der Waals surface area contributed by atoms with Crippen LogP contribution in [0.4, 0.5) is 5.82 Å². The molecule has 2 aromatic rings. The van der Waals surface area contributed by atoms with Crippen molar-refractivity contribution in [2.45, 2.75) is 47.0 Å². The second-order valence-electron chi connectivity index (χ2n) is 8.04. The van der Waals surface area contributed by atoms with E-state index in [9.17, 15) is 4.79 Å². The van der Waals surface area contributed by atoms with Gasteiger partial charge >= 0.3 is 0 Å². The summed E-state index contributed by atoms with van der Waals surface area (Å²) in [4.78, 5) is 34.0. The Labute approximate surface area is 213 Å². The first-order valence-corrected chi connectivity index (χ1v) is 13.0. The number of aromatic nitrogens is 2. The normalized spacial score (nSPS) is 14.0. The minimum Gasteiger partial charge on any atom is -0.352 e. The SMILES string of the molecule is C/C=C\CN=NN(C)OCCCC(=O)N1CCN(c2nc(C)nc3sc(CC)cc23)CC1.C=CC. The van der Waals surface area contributed by atoms with Crippen LogP contribution in [0, 0.1) is 6.92 Å². The van der Waals surface area contributed by atoms with Crippen molar-refractivity contribution < 1.29 is 9.63 Å². The van der Waals surface area contributed by atoms with Crippen LogP contribution >= 0.6 is 11.3 Å². The maximum atomic E-state index is 12.6. The fourth-order valence-corrected chi connectivity index (χ4v) is 4.53. The van der Waals surface area contributed by atoms with Crippen LogP contribution in [0.25, 0.3) is 10.2 Å². The fraction of sp³-hybridized carbons (Fsp3) is 0.560. The maximum Gasteiger partial charge on any atom is 0.222 e. The maximum absolute atomic E-state index is 12.6. The predicted molar refractivity (Wildman–Crippen MR) is 144 cm³/mol. The predicted octanol–water partition coefficient (Wildman–Crippen LogP) is 4.99. The summed E-state index contributed by atoms with van der Waals surface area (Å²) >= 11 is 1.74. The molecule has 1 aliphatic rings. The Morgan fingerprint density at radius 3 is 2.66 bits per heavy atom. The minimum absolute atomic E-state index is 0.165. The van der Waals surface area contributed by atoms with Gasteiger partial charge in [-0.05, 0) is 39.7 Å². The average Bonchev–Trinajstić information content (AvgIpc) is 3.27. The van der Waals surface area contributed by atoms with Gasteiger partial charge < -0.3 is 9.80 Å². The standard InChI is InChI=1S/C22H33N7O2S.C3H6/c1-5-7-10-23-26-27(4)31-15-8-9-20(30)28-11-13-29(14-12-28)21-19-16-18(6-2)32-22(19)25-17(3)24-21;1-3-2/h5,7,16H,6,8-15H2,1-4H3;3H,1H2,2H3/b7-5-,26-23?;. The third-order valence-corrected chi connectivity index (χ3v) is 6.41. The summed E-state index contributed by atoms with van der Waals surface area (Å²) < 4.78 is 0. The smallest absolute Gasteiger partial charge is 0.222 e. The van der Waals surface area contributed by atoms with Crippen molar-refractivity contribution in [1.29, 1.82) is 0 Å². The molecule has 0 aromatic carbocycles. The lowest BCUT2D eigenvalue weighted by Crippen LogP contribution is -2.49. The van der Waals surface area contributed by atoms with Gasteiger partial charge in [0.15, 0.2) is 0 Å². The number of aryl methyl sites for hydroxylation is 2. The molecule has 0 bridgehead atoms. The Kier molecular flexibility index (Phi) is 12.3. The third kappa shape index (κ3) is 9.03. The van der Waals surface area contributed by atoms with Gasteiger partial charge in [-0.1, -0.05) is 30.4 Å². The molecule has 2 aromatic heterocycles. The molecule has 1 aliphatic heterocycles. The van der Waals surface area contributed by atoms with Crippen LogP contribution in [0.5, 0.6) is 0 Å². The van der Waals surface area contributed by atoms with Crippen molar-refractivity contribution >= 4 is 33.3 Å². The second-order valence-corrected chi connectivity index (χ2v) is 9.15. The molecule has 0 spiro atoms. The molecule has 0 aliphatic carbocycles. The van der Waals surface area contributed by atoms with E-state index in [4.69, 9.17) is 9.82 Å². The second kappa shape index (κ2) is 15.2. The van der Waals surface area contributed by atoms with E-state index >= 15 is 0 Å². The van der Waals surface area contributed by atoms with Gasteiger partial charge in [0.05, 0.1) is 25.6 Å². The van der Waals surface area contributed by atoms with E-state index in [1.54, 1.807) is 24.5 Å². The zero-order valence-electron chi connectivity index (χ0n) is 21.7. The highest BCUT2D eigenvalue weighted by atomic mass is 32.1. The molecule has 0 unspecified atom stereocenters. The highest BCUT2D eigenvalue weighted by Crippen LogP contribution is 2.31. The Hall–Kier alpha value is -2.85. The molecule has 1 fully saturated rings. The summed E-state index contributed by atoms with van der Waals surface area (Å²) in [7, 11) is 1.70. The topological polar surface area (TPSA) is 86.5 Å². The van der Waals surface area contributed by atoms with Crippen molar-refractivity contribution in [3.8, 4) is 0 Å². The number of nitrogens with zero attached hydrogens (tertiary/aromatic N) is 7. The van der Waals surface area contributed by atoms with Gasteiger partial charge in [0.2, 0.25) is 5.91 Å². The zero-order valence-corrected chi connectivity index (χ0v) is 22.6. The first kappa shape index (κ1) is 28.4. The number of fused-ring (bicyclic) bond motifs is 1. The number of thiophene rings is 1. The number of carbonyl (C=O) groups excluding carboxylic acids is 1. The van der Waals surface area contributed by atoms with E-state index in [0.717, 1.165) is 41.4 Å². The summed E-state index contributed by atoms with van der Waals surface area (Å²) in [5, 5.41) is 10.3. The molecule has 0 radical (unpaired) electrons. The van der Waals surface area contributed by atoms with E-state index in [1.165, 1.54) is 10.0 Å². The van der Waals surface area contributed by atoms with Crippen molar-refractivity contribution in [2.75, 3.05) is 51.3 Å². The molecule has 0 N–H and O–H groups in total. The summed E-state index contributed by atoms with van der Waals surface area (Å²) in [5.41, 5.74) is 0. The minimum atomic E-state index is 0.165. The Morgan fingerprint density at radius 1 is 1.29 bits per heavy atom. The van der Waals surface area contributed by atoms with Crippen molar-refractivity contribution in [3.63, 3.8) is 0 Å². The lowest BCUT2D eigenvalue weighted by Gasteiger charge is -2.35. The lowest BCUT2D eigenvalue weighted by molar-refractivity contribution is -0.149. The molecule has 192 valence electrons. The van der Waals surface area contributed by atoms with Gasteiger partial charge in [-0.25, -0.2) is 9.97 Å². The summed E-state index contributed by atoms with van der Waals surface area (Å²) in [5.74, 6) is 1.95. The summed E-state index contributed by atoms with van der Waals surface area (Å²) in [6.45, 7) is 15.2. The lowest BCUT2D eigenvalue weighted by atomic mass is 10.2. The molecule has 3 heterocycles. The molecule has 35 heavy (non-hydrogen) atoms. The van der Waals surface area contributed by atoms with E-state index in [2.05, 4.69) is 39.8 Å².